The number of anilines is 1. The Labute approximate surface area is 150 Å². The fourth-order valence-electron chi connectivity index (χ4n) is 3.36. The van der Waals surface area contributed by atoms with E-state index in [-0.39, 0.29) is 5.56 Å². The highest BCUT2D eigenvalue weighted by molar-refractivity contribution is 5.81. The van der Waals surface area contributed by atoms with Gasteiger partial charge in [-0.05, 0) is 35.6 Å². The Bertz CT molecular complexity index is 1150. The lowest BCUT2D eigenvalue weighted by Crippen LogP contribution is -2.15. The normalized spacial score (nSPS) is 11.5. The molecule has 0 amide bonds. The average molecular weight is 350 g/mol. The molecule has 26 heavy (non-hydrogen) atoms. The van der Waals surface area contributed by atoms with Crippen molar-refractivity contribution in [3.05, 3.63) is 52.1 Å². The monoisotopic (exact) mass is 350 g/mol. The van der Waals surface area contributed by atoms with E-state index in [0.29, 0.717) is 23.5 Å². The lowest BCUT2D eigenvalue weighted by atomic mass is 10.1. The van der Waals surface area contributed by atoms with Crippen molar-refractivity contribution in [2.45, 2.75) is 26.3 Å². The van der Waals surface area contributed by atoms with Crippen molar-refractivity contribution in [1.29, 1.82) is 0 Å². The molecule has 3 aromatic heterocycles. The molecule has 0 atom stereocenters. The van der Waals surface area contributed by atoms with Crippen molar-refractivity contribution in [3.8, 4) is 0 Å². The summed E-state index contributed by atoms with van der Waals surface area (Å²) in [6.07, 6.45) is 3.81. The van der Waals surface area contributed by atoms with E-state index in [2.05, 4.69) is 56.1 Å². The summed E-state index contributed by atoms with van der Waals surface area (Å²) < 4.78 is 3.70. The molecule has 4 rings (SSSR count). The summed E-state index contributed by atoms with van der Waals surface area (Å²) in [5.74, 6) is 0.473. The van der Waals surface area contributed by atoms with Gasteiger partial charge in [-0.1, -0.05) is 19.4 Å². The summed E-state index contributed by atoms with van der Waals surface area (Å²) in [6, 6.07) is 8.42. The van der Waals surface area contributed by atoms with Crippen LogP contribution >= 0.6 is 0 Å². The molecule has 4 aromatic rings. The first-order chi connectivity index (χ1) is 12.6. The van der Waals surface area contributed by atoms with Crippen LogP contribution in [0.5, 0.6) is 0 Å². The Morgan fingerprint density at radius 1 is 1.23 bits per heavy atom. The van der Waals surface area contributed by atoms with Crippen LogP contribution in [0.2, 0.25) is 0 Å². The number of nitrogens with one attached hydrogen (secondary N) is 2. The maximum Gasteiger partial charge on any atom is 0.278 e. The first-order valence-corrected chi connectivity index (χ1v) is 8.80. The minimum atomic E-state index is -0.173. The molecule has 0 fully saturated rings. The van der Waals surface area contributed by atoms with Crippen LogP contribution in [0.1, 0.15) is 24.6 Å². The molecule has 7 heteroatoms. The number of aryl methyl sites for hydroxylation is 3. The summed E-state index contributed by atoms with van der Waals surface area (Å²) >= 11 is 0. The molecular weight excluding hydrogens is 328 g/mol. The van der Waals surface area contributed by atoms with Gasteiger partial charge in [0.2, 0.25) is 5.95 Å². The Balaban J connectivity index is 1.63. The first kappa shape index (κ1) is 16.4. The van der Waals surface area contributed by atoms with E-state index >= 15 is 0 Å². The second-order valence-corrected chi connectivity index (χ2v) is 6.61. The molecule has 0 radical (unpaired) electrons. The van der Waals surface area contributed by atoms with Crippen molar-refractivity contribution in [3.63, 3.8) is 0 Å². The number of benzene rings is 1. The van der Waals surface area contributed by atoms with Gasteiger partial charge >= 0.3 is 0 Å². The van der Waals surface area contributed by atoms with E-state index in [1.165, 1.54) is 10.9 Å². The predicted octanol–water partition coefficient (Wildman–Crippen LogP) is 2.71. The number of aromatic nitrogens is 5. The third kappa shape index (κ3) is 2.75. The van der Waals surface area contributed by atoms with Crippen molar-refractivity contribution in [2.24, 2.45) is 14.1 Å². The van der Waals surface area contributed by atoms with Crippen LogP contribution in [0.3, 0.4) is 0 Å². The molecule has 0 saturated carbocycles. The molecule has 0 aliphatic rings. The minimum Gasteiger partial charge on any atom is -0.352 e. The van der Waals surface area contributed by atoms with Gasteiger partial charge in [0.05, 0.1) is 5.69 Å². The molecule has 0 aliphatic carbocycles. The third-order valence-corrected chi connectivity index (χ3v) is 4.66. The topological polar surface area (TPSA) is 80.5 Å². The van der Waals surface area contributed by atoms with Crippen LogP contribution in [0.15, 0.2) is 35.3 Å². The van der Waals surface area contributed by atoms with Crippen LogP contribution < -0.4 is 10.9 Å². The highest BCUT2D eigenvalue weighted by atomic mass is 16.1. The third-order valence-electron chi connectivity index (χ3n) is 4.66. The minimum absolute atomic E-state index is 0.173. The molecule has 134 valence electrons. The zero-order valence-corrected chi connectivity index (χ0v) is 15.2. The van der Waals surface area contributed by atoms with E-state index < -0.39 is 0 Å². The quantitative estimate of drug-likeness (QED) is 0.580. The standard InChI is InChI=1S/C19H22N6O/c1-4-5-14-16-17(25(3)23-14)18(26)22-19(21-16)20-11-12-6-7-15-13(10-12)8-9-24(15)2/h6-10H,4-5,11H2,1-3H3,(H2,20,21,22,26). The van der Waals surface area contributed by atoms with E-state index in [1.54, 1.807) is 11.7 Å². The molecule has 0 unspecified atom stereocenters. The van der Waals surface area contributed by atoms with Gasteiger partial charge in [-0.15, -0.1) is 0 Å². The highest BCUT2D eigenvalue weighted by Gasteiger charge is 2.14. The summed E-state index contributed by atoms with van der Waals surface area (Å²) in [4.78, 5) is 19.8. The SMILES string of the molecule is CCCc1nn(C)c2c(=O)[nH]c(NCc3ccc4c(ccn4C)c3)nc12. The Morgan fingerprint density at radius 2 is 2.08 bits per heavy atom. The van der Waals surface area contributed by atoms with Gasteiger partial charge in [-0.2, -0.15) is 5.10 Å². The van der Waals surface area contributed by atoms with Crippen molar-refractivity contribution < 1.29 is 0 Å². The maximum absolute atomic E-state index is 12.4. The molecule has 1 aromatic carbocycles. The smallest absolute Gasteiger partial charge is 0.278 e. The number of fused-ring (bicyclic) bond motifs is 2. The van der Waals surface area contributed by atoms with Crippen molar-refractivity contribution in [1.82, 2.24) is 24.3 Å². The predicted molar refractivity (Wildman–Crippen MR) is 103 cm³/mol. The van der Waals surface area contributed by atoms with Crippen LogP contribution in [-0.2, 0) is 27.1 Å². The molecule has 0 aliphatic heterocycles. The number of hydrogen-bond acceptors (Lipinski definition) is 4. The van der Waals surface area contributed by atoms with Crippen molar-refractivity contribution >= 4 is 27.9 Å². The molecule has 7 nitrogen and oxygen atoms in total. The van der Waals surface area contributed by atoms with Gasteiger partial charge in [-0.25, -0.2) is 4.98 Å². The van der Waals surface area contributed by atoms with Crippen LogP contribution in [0.4, 0.5) is 5.95 Å². The molecule has 2 N–H and O–H groups in total. The highest BCUT2D eigenvalue weighted by Crippen LogP contribution is 2.18. The van der Waals surface area contributed by atoms with E-state index in [4.69, 9.17) is 0 Å². The molecule has 0 bridgehead atoms. The summed E-state index contributed by atoms with van der Waals surface area (Å²) in [6.45, 7) is 2.68. The zero-order valence-electron chi connectivity index (χ0n) is 15.2. The Morgan fingerprint density at radius 3 is 2.88 bits per heavy atom. The largest absolute Gasteiger partial charge is 0.352 e. The fraction of sp³-hybridized carbons (Fsp3) is 0.316. The maximum atomic E-state index is 12.4. The van der Waals surface area contributed by atoms with Gasteiger partial charge in [0.1, 0.15) is 5.52 Å². The number of hydrogen-bond donors (Lipinski definition) is 2. The Hall–Kier alpha value is -3.09. The molecular formula is C19H22N6O. The van der Waals surface area contributed by atoms with Gasteiger partial charge in [0, 0.05) is 32.4 Å². The van der Waals surface area contributed by atoms with Gasteiger partial charge in [0.25, 0.3) is 5.56 Å². The van der Waals surface area contributed by atoms with Crippen LogP contribution in [0.25, 0.3) is 21.9 Å². The zero-order chi connectivity index (χ0) is 18.3. The number of H-pyrrole nitrogens is 1. The van der Waals surface area contributed by atoms with Gasteiger partial charge in [-0.3, -0.25) is 14.5 Å². The van der Waals surface area contributed by atoms with Gasteiger partial charge < -0.3 is 9.88 Å². The summed E-state index contributed by atoms with van der Waals surface area (Å²) in [7, 11) is 3.81. The van der Waals surface area contributed by atoms with E-state index in [9.17, 15) is 4.79 Å². The lowest BCUT2D eigenvalue weighted by molar-refractivity contribution is 0.751. The van der Waals surface area contributed by atoms with Gasteiger partial charge in [0.15, 0.2) is 5.52 Å². The summed E-state index contributed by atoms with van der Waals surface area (Å²) in [5, 5.41) is 8.87. The fourth-order valence-corrected chi connectivity index (χ4v) is 3.36. The van der Waals surface area contributed by atoms with Crippen LogP contribution in [-0.4, -0.2) is 24.3 Å². The molecule has 0 saturated heterocycles. The lowest BCUT2D eigenvalue weighted by Gasteiger charge is -2.07. The van der Waals surface area contributed by atoms with E-state index in [0.717, 1.165) is 24.1 Å². The number of rotatable bonds is 5. The summed E-state index contributed by atoms with van der Waals surface area (Å²) in [5.41, 5.74) is 4.22. The van der Waals surface area contributed by atoms with Crippen molar-refractivity contribution in [2.75, 3.05) is 5.32 Å². The second kappa shape index (κ2) is 6.33. The van der Waals surface area contributed by atoms with Crippen LogP contribution in [0, 0.1) is 0 Å². The van der Waals surface area contributed by atoms with E-state index in [1.807, 2.05) is 13.2 Å². The second-order valence-electron chi connectivity index (χ2n) is 6.61. The molecule has 3 heterocycles. The Kier molecular flexibility index (Phi) is 3.99. The average Bonchev–Trinajstić information content (AvgIpc) is 3.14. The molecule has 0 spiro atoms. The first-order valence-electron chi connectivity index (χ1n) is 8.80. The number of aromatic amines is 1. The number of nitrogens with zero attached hydrogens (tertiary/aromatic N) is 4.